The van der Waals surface area contributed by atoms with Crippen LogP contribution >= 0.6 is 0 Å². The van der Waals surface area contributed by atoms with Crippen molar-refractivity contribution < 1.29 is 14.3 Å². The molecule has 0 saturated heterocycles. The smallest absolute Gasteiger partial charge is 0.340 e. The second-order valence-electron chi connectivity index (χ2n) is 5.77. The Morgan fingerprint density at radius 1 is 1.08 bits per heavy atom. The zero-order valence-corrected chi connectivity index (χ0v) is 14.3. The third kappa shape index (κ3) is 3.55. The Morgan fingerprint density at radius 3 is 2.60 bits per heavy atom. The molecule has 0 aliphatic rings. The molecule has 0 saturated carbocycles. The monoisotopic (exact) mass is 336 g/mol. The number of anilines is 1. The van der Waals surface area contributed by atoms with Crippen LogP contribution in [0.25, 0.3) is 10.9 Å². The van der Waals surface area contributed by atoms with E-state index in [9.17, 15) is 9.59 Å². The van der Waals surface area contributed by atoms with E-state index in [0.29, 0.717) is 11.3 Å². The first-order valence-electron chi connectivity index (χ1n) is 8.22. The zero-order chi connectivity index (χ0) is 17.8. The number of amides is 1. The molecule has 0 aliphatic heterocycles. The third-order valence-corrected chi connectivity index (χ3v) is 4.06. The van der Waals surface area contributed by atoms with Crippen LogP contribution in [0.15, 0.2) is 48.5 Å². The van der Waals surface area contributed by atoms with Crippen LogP contribution in [0.2, 0.25) is 0 Å². The second kappa shape index (κ2) is 7.21. The van der Waals surface area contributed by atoms with Gasteiger partial charge >= 0.3 is 5.97 Å². The summed E-state index contributed by atoms with van der Waals surface area (Å²) in [6, 6.07) is 14.7. The van der Waals surface area contributed by atoms with Crippen LogP contribution in [0.1, 0.15) is 28.5 Å². The Morgan fingerprint density at radius 2 is 1.80 bits per heavy atom. The quantitative estimate of drug-likeness (QED) is 0.696. The lowest BCUT2D eigenvalue weighted by Gasteiger charge is -2.10. The first kappa shape index (κ1) is 16.8. The van der Waals surface area contributed by atoms with Gasteiger partial charge < -0.3 is 15.0 Å². The summed E-state index contributed by atoms with van der Waals surface area (Å²) in [5.74, 6) is -0.619. The van der Waals surface area contributed by atoms with Gasteiger partial charge in [-0.05, 0) is 37.6 Å². The highest BCUT2D eigenvalue weighted by molar-refractivity contribution is 6.02. The summed E-state index contributed by atoms with van der Waals surface area (Å²) in [6.07, 6.45) is 0.229. The lowest BCUT2D eigenvalue weighted by molar-refractivity contribution is -0.115. The van der Waals surface area contributed by atoms with Gasteiger partial charge in [-0.25, -0.2) is 4.79 Å². The van der Waals surface area contributed by atoms with Crippen molar-refractivity contribution >= 4 is 28.5 Å². The Balaban J connectivity index is 1.81. The topological polar surface area (TPSA) is 71.2 Å². The lowest BCUT2D eigenvalue weighted by Crippen LogP contribution is -2.17. The van der Waals surface area contributed by atoms with Gasteiger partial charge in [0.15, 0.2) is 0 Å². The largest absolute Gasteiger partial charge is 0.462 e. The molecule has 2 aromatic carbocycles. The molecule has 0 aliphatic carbocycles. The average Bonchev–Trinajstić information content (AvgIpc) is 2.91. The van der Waals surface area contributed by atoms with Gasteiger partial charge in [0, 0.05) is 16.6 Å². The fraction of sp³-hybridized carbons (Fsp3) is 0.200. The van der Waals surface area contributed by atoms with Crippen molar-refractivity contribution in [3.8, 4) is 0 Å². The number of hydrogen-bond acceptors (Lipinski definition) is 3. The van der Waals surface area contributed by atoms with Crippen molar-refractivity contribution in [3.63, 3.8) is 0 Å². The number of carbonyl (C=O) groups excluding carboxylic acids is 2. The van der Waals surface area contributed by atoms with Gasteiger partial charge in [-0.3, -0.25) is 4.79 Å². The highest BCUT2D eigenvalue weighted by atomic mass is 16.5. The molecule has 25 heavy (non-hydrogen) atoms. The van der Waals surface area contributed by atoms with Crippen LogP contribution in [0, 0.1) is 6.92 Å². The number of aromatic amines is 1. The Labute approximate surface area is 146 Å². The van der Waals surface area contributed by atoms with E-state index in [1.165, 1.54) is 0 Å². The van der Waals surface area contributed by atoms with Gasteiger partial charge in [-0.2, -0.15) is 0 Å². The number of nitrogens with one attached hydrogen (secondary N) is 2. The third-order valence-electron chi connectivity index (χ3n) is 4.06. The number of para-hydroxylation sites is 2. The van der Waals surface area contributed by atoms with Gasteiger partial charge in [0.1, 0.15) is 0 Å². The molecular weight excluding hydrogens is 316 g/mol. The fourth-order valence-corrected chi connectivity index (χ4v) is 2.90. The highest BCUT2D eigenvalue weighted by Crippen LogP contribution is 2.23. The van der Waals surface area contributed by atoms with Gasteiger partial charge in [-0.1, -0.05) is 30.3 Å². The summed E-state index contributed by atoms with van der Waals surface area (Å²) in [5, 5.41) is 3.86. The molecule has 1 aromatic heterocycles. The predicted octanol–water partition coefficient (Wildman–Crippen LogP) is 3.83. The Hall–Kier alpha value is -3.08. The van der Waals surface area contributed by atoms with Crippen molar-refractivity contribution in [2.45, 2.75) is 20.3 Å². The molecule has 1 amide bonds. The van der Waals surface area contributed by atoms with Crippen LogP contribution in [0.3, 0.4) is 0 Å². The number of ether oxygens (including phenoxy) is 1. The van der Waals surface area contributed by atoms with Crippen molar-refractivity contribution in [2.24, 2.45) is 0 Å². The molecule has 0 atom stereocenters. The van der Waals surface area contributed by atoms with Gasteiger partial charge in [0.2, 0.25) is 5.91 Å². The van der Waals surface area contributed by atoms with Gasteiger partial charge in [0.05, 0.1) is 24.3 Å². The molecule has 3 aromatic rings. The number of aromatic nitrogens is 1. The van der Waals surface area contributed by atoms with Crippen molar-refractivity contribution in [3.05, 3.63) is 65.4 Å². The molecule has 0 bridgehead atoms. The lowest BCUT2D eigenvalue weighted by atomic mass is 10.1. The first-order chi connectivity index (χ1) is 12.1. The summed E-state index contributed by atoms with van der Waals surface area (Å²) in [5.41, 5.74) is 3.75. The van der Waals surface area contributed by atoms with Crippen LogP contribution < -0.4 is 5.32 Å². The van der Waals surface area contributed by atoms with Gasteiger partial charge in [-0.15, -0.1) is 0 Å². The average molecular weight is 336 g/mol. The molecule has 128 valence electrons. The molecule has 0 unspecified atom stereocenters. The molecule has 0 spiro atoms. The van der Waals surface area contributed by atoms with E-state index in [0.717, 1.165) is 22.2 Å². The first-order valence-corrected chi connectivity index (χ1v) is 8.22. The normalized spacial score (nSPS) is 10.6. The number of carbonyl (C=O) groups is 2. The zero-order valence-electron chi connectivity index (χ0n) is 14.3. The van der Waals surface area contributed by atoms with E-state index in [1.54, 1.807) is 31.2 Å². The standard InChI is InChI=1S/C20H20N2O3/c1-3-25-20(24)15-9-5-7-11-18(15)22-19(23)12-16-13(2)21-17-10-6-4-8-14(16)17/h4-11,21H,3,12H2,1-2H3,(H,22,23). The van der Waals surface area contributed by atoms with Crippen LogP contribution in [0.4, 0.5) is 5.69 Å². The molecule has 5 nitrogen and oxygen atoms in total. The maximum atomic E-state index is 12.5. The van der Waals surface area contributed by atoms with Crippen LogP contribution in [-0.4, -0.2) is 23.5 Å². The Kier molecular flexibility index (Phi) is 4.84. The second-order valence-corrected chi connectivity index (χ2v) is 5.77. The highest BCUT2D eigenvalue weighted by Gasteiger charge is 2.16. The maximum Gasteiger partial charge on any atom is 0.340 e. The van der Waals surface area contributed by atoms with E-state index in [-0.39, 0.29) is 18.9 Å². The van der Waals surface area contributed by atoms with E-state index in [1.807, 2.05) is 31.2 Å². The fourth-order valence-electron chi connectivity index (χ4n) is 2.90. The van der Waals surface area contributed by atoms with E-state index >= 15 is 0 Å². The minimum atomic E-state index is -0.443. The molecule has 0 fully saturated rings. The van der Waals surface area contributed by atoms with E-state index < -0.39 is 5.97 Å². The molecular formula is C20H20N2O3. The summed E-state index contributed by atoms with van der Waals surface area (Å²) in [4.78, 5) is 27.8. The summed E-state index contributed by atoms with van der Waals surface area (Å²) in [6.45, 7) is 3.99. The molecule has 1 heterocycles. The number of aryl methyl sites for hydroxylation is 1. The summed E-state index contributed by atoms with van der Waals surface area (Å²) >= 11 is 0. The molecule has 0 radical (unpaired) electrons. The SMILES string of the molecule is CCOC(=O)c1ccccc1NC(=O)Cc1c(C)[nH]c2ccccc12. The molecule has 3 rings (SSSR count). The number of fused-ring (bicyclic) bond motifs is 1. The number of H-pyrrole nitrogens is 1. The van der Waals surface area contributed by atoms with Crippen molar-refractivity contribution in [1.82, 2.24) is 4.98 Å². The minimum absolute atomic E-state index is 0.176. The van der Waals surface area contributed by atoms with Crippen molar-refractivity contribution in [1.29, 1.82) is 0 Å². The van der Waals surface area contributed by atoms with E-state index in [4.69, 9.17) is 4.74 Å². The summed E-state index contributed by atoms with van der Waals surface area (Å²) in [7, 11) is 0. The number of benzene rings is 2. The molecule has 2 N–H and O–H groups in total. The Bertz CT molecular complexity index is 928. The predicted molar refractivity (Wildman–Crippen MR) is 97.8 cm³/mol. The number of hydrogen-bond donors (Lipinski definition) is 2. The van der Waals surface area contributed by atoms with Crippen molar-refractivity contribution in [2.75, 3.05) is 11.9 Å². The van der Waals surface area contributed by atoms with Crippen LogP contribution in [0.5, 0.6) is 0 Å². The summed E-state index contributed by atoms with van der Waals surface area (Å²) < 4.78 is 5.04. The van der Waals surface area contributed by atoms with Gasteiger partial charge in [0.25, 0.3) is 0 Å². The maximum absolute atomic E-state index is 12.5. The van der Waals surface area contributed by atoms with Crippen LogP contribution in [-0.2, 0) is 16.0 Å². The number of esters is 1. The minimum Gasteiger partial charge on any atom is -0.462 e. The van der Waals surface area contributed by atoms with E-state index in [2.05, 4.69) is 10.3 Å². The number of rotatable bonds is 5. The molecule has 5 heteroatoms.